The molecule has 8 heteroatoms. The molecule has 0 aliphatic heterocycles. The van der Waals surface area contributed by atoms with Crippen LogP contribution in [0.5, 0.6) is 0 Å². The number of halogens is 2. The third-order valence-electron chi connectivity index (χ3n) is 5.84. The molecule has 4 rings (SSSR count). The van der Waals surface area contributed by atoms with Gasteiger partial charge in [0, 0.05) is 34.5 Å². The van der Waals surface area contributed by atoms with E-state index in [2.05, 4.69) is 21.3 Å². The Labute approximate surface area is 232 Å². The van der Waals surface area contributed by atoms with Crippen LogP contribution in [0.4, 0.5) is 11.4 Å². The molecule has 4 aromatic rings. The van der Waals surface area contributed by atoms with Crippen LogP contribution < -0.4 is 21.3 Å². The van der Waals surface area contributed by atoms with Crippen molar-refractivity contribution in [1.82, 2.24) is 10.6 Å². The number of benzene rings is 4. The summed E-state index contributed by atoms with van der Waals surface area (Å²) in [6, 6.07) is 31.6. The van der Waals surface area contributed by atoms with E-state index in [1.165, 1.54) is 0 Å². The second-order valence-electron chi connectivity index (χ2n) is 8.59. The van der Waals surface area contributed by atoms with Gasteiger partial charge >= 0.3 is 0 Å². The van der Waals surface area contributed by atoms with Gasteiger partial charge in [-0.3, -0.25) is 9.59 Å². The van der Waals surface area contributed by atoms with Crippen LogP contribution in [0.2, 0.25) is 10.0 Å². The third-order valence-corrected chi connectivity index (χ3v) is 6.34. The van der Waals surface area contributed by atoms with E-state index in [1.54, 1.807) is 24.3 Å². The van der Waals surface area contributed by atoms with Gasteiger partial charge in [-0.2, -0.15) is 0 Å². The fraction of sp³-hybridized carbons (Fsp3) is 0.133. The fourth-order valence-corrected chi connectivity index (χ4v) is 4.19. The van der Waals surface area contributed by atoms with E-state index < -0.39 is 12.1 Å². The van der Waals surface area contributed by atoms with E-state index in [0.717, 1.165) is 11.1 Å². The van der Waals surface area contributed by atoms with Crippen molar-refractivity contribution in [2.75, 3.05) is 23.7 Å². The molecule has 0 fully saturated rings. The zero-order valence-corrected chi connectivity index (χ0v) is 22.0. The Morgan fingerprint density at radius 1 is 0.526 bits per heavy atom. The molecule has 6 nitrogen and oxygen atoms in total. The Bertz CT molecular complexity index is 1210. The number of hydrogen-bond donors (Lipinski definition) is 4. The summed E-state index contributed by atoms with van der Waals surface area (Å²) in [4.78, 5) is 26.4. The summed E-state index contributed by atoms with van der Waals surface area (Å²) in [5.41, 5.74) is 2.96. The fourth-order valence-electron chi connectivity index (χ4n) is 3.94. The van der Waals surface area contributed by atoms with Crippen molar-refractivity contribution >= 4 is 46.4 Å². The zero-order chi connectivity index (χ0) is 26.7. The quantitative estimate of drug-likeness (QED) is 0.168. The van der Waals surface area contributed by atoms with Crippen LogP contribution in [0.25, 0.3) is 0 Å². The molecule has 2 atom stereocenters. The standard InChI is InChI=1S/C30H28Cl2N4O2/c31-23-15-11-21(12-16-23)27(29(37)35-25-7-3-1-4-8-25)33-19-20-34-28(22-13-17-24(32)18-14-22)30(38)36-26-9-5-2-6-10-26/h1-18,27-28,33-34H,19-20H2,(H,35,37)(H,36,38)/t27-,28-/m0/s1. The lowest BCUT2D eigenvalue weighted by Gasteiger charge is -2.22. The van der Waals surface area contributed by atoms with Gasteiger partial charge in [0.25, 0.3) is 0 Å². The first kappa shape index (κ1) is 27.4. The normalized spacial score (nSPS) is 12.4. The second-order valence-corrected chi connectivity index (χ2v) is 9.46. The highest BCUT2D eigenvalue weighted by molar-refractivity contribution is 6.30. The molecule has 0 spiro atoms. The minimum atomic E-state index is -0.624. The number of carbonyl (C=O) groups excluding carboxylic acids is 2. The van der Waals surface area contributed by atoms with Gasteiger partial charge in [0.05, 0.1) is 0 Å². The SMILES string of the molecule is O=C(Nc1ccccc1)[C@@H](NCCN[C@H](C(=O)Nc1ccccc1)c1ccc(Cl)cc1)c1ccc(Cl)cc1. The van der Waals surface area contributed by atoms with Crippen molar-refractivity contribution in [3.63, 3.8) is 0 Å². The van der Waals surface area contributed by atoms with Crippen LogP contribution in [0.3, 0.4) is 0 Å². The molecule has 0 aliphatic carbocycles. The van der Waals surface area contributed by atoms with E-state index in [0.29, 0.717) is 34.5 Å². The van der Waals surface area contributed by atoms with Crippen LogP contribution >= 0.6 is 23.2 Å². The lowest BCUT2D eigenvalue weighted by Crippen LogP contribution is -2.40. The van der Waals surface area contributed by atoms with Gasteiger partial charge < -0.3 is 21.3 Å². The molecule has 0 bridgehead atoms. The van der Waals surface area contributed by atoms with Crippen LogP contribution in [0, 0.1) is 0 Å². The maximum atomic E-state index is 13.2. The zero-order valence-electron chi connectivity index (χ0n) is 20.5. The molecule has 194 valence electrons. The van der Waals surface area contributed by atoms with Gasteiger partial charge in [0.2, 0.25) is 11.8 Å². The van der Waals surface area contributed by atoms with Crippen LogP contribution in [-0.4, -0.2) is 24.9 Å². The monoisotopic (exact) mass is 546 g/mol. The number of amides is 2. The third kappa shape index (κ3) is 7.91. The van der Waals surface area contributed by atoms with Gasteiger partial charge in [0.1, 0.15) is 12.1 Å². The van der Waals surface area contributed by atoms with Gasteiger partial charge in [-0.15, -0.1) is 0 Å². The van der Waals surface area contributed by atoms with E-state index in [1.807, 2.05) is 84.9 Å². The lowest BCUT2D eigenvalue weighted by atomic mass is 10.1. The molecule has 4 N–H and O–H groups in total. The minimum Gasteiger partial charge on any atom is -0.324 e. The summed E-state index contributed by atoms with van der Waals surface area (Å²) < 4.78 is 0. The average Bonchev–Trinajstić information content (AvgIpc) is 2.93. The molecule has 38 heavy (non-hydrogen) atoms. The van der Waals surface area contributed by atoms with E-state index in [9.17, 15) is 9.59 Å². The van der Waals surface area contributed by atoms with Gasteiger partial charge in [-0.05, 0) is 59.7 Å². The maximum Gasteiger partial charge on any atom is 0.246 e. The summed E-state index contributed by atoms with van der Waals surface area (Å²) in [5.74, 6) is -0.399. The largest absolute Gasteiger partial charge is 0.324 e. The highest BCUT2D eigenvalue weighted by Gasteiger charge is 2.23. The molecule has 0 radical (unpaired) electrons. The molecule has 0 unspecified atom stereocenters. The lowest BCUT2D eigenvalue weighted by molar-refractivity contribution is -0.119. The first-order chi connectivity index (χ1) is 18.5. The van der Waals surface area contributed by atoms with Gasteiger partial charge in [-0.1, -0.05) is 83.9 Å². The Morgan fingerprint density at radius 3 is 1.21 bits per heavy atom. The Kier molecular flexibility index (Phi) is 9.90. The highest BCUT2D eigenvalue weighted by Crippen LogP contribution is 2.21. The Morgan fingerprint density at radius 2 is 0.868 bits per heavy atom. The minimum absolute atomic E-state index is 0.199. The Hall–Kier alpha value is -3.68. The molecule has 4 aromatic carbocycles. The first-order valence-electron chi connectivity index (χ1n) is 12.2. The highest BCUT2D eigenvalue weighted by atomic mass is 35.5. The molecular formula is C30H28Cl2N4O2. The first-order valence-corrected chi connectivity index (χ1v) is 12.9. The Balaban J connectivity index is 1.44. The molecule has 0 saturated carbocycles. The number of carbonyl (C=O) groups is 2. The summed E-state index contributed by atoms with van der Waals surface area (Å²) in [5, 5.41) is 13.7. The van der Waals surface area contributed by atoms with Crippen molar-refractivity contribution in [3.05, 3.63) is 130 Å². The van der Waals surface area contributed by atoms with Crippen molar-refractivity contribution in [3.8, 4) is 0 Å². The smallest absolute Gasteiger partial charge is 0.246 e. The van der Waals surface area contributed by atoms with Crippen molar-refractivity contribution < 1.29 is 9.59 Å². The summed E-state index contributed by atoms with van der Waals surface area (Å²) in [6.45, 7) is 0.830. The number of rotatable bonds is 11. The molecule has 2 amide bonds. The van der Waals surface area contributed by atoms with Crippen molar-refractivity contribution in [2.24, 2.45) is 0 Å². The summed E-state index contributed by atoms with van der Waals surface area (Å²) >= 11 is 12.1. The summed E-state index contributed by atoms with van der Waals surface area (Å²) in [6.07, 6.45) is 0. The molecule has 0 heterocycles. The van der Waals surface area contributed by atoms with Crippen LogP contribution in [0.15, 0.2) is 109 Å². The second kappa shape index (κ2) is 13.7. The van der Waals surface area contributed by atoms with E-state index in [-0.39, 0.29) is 11.8 Å². The van der Waals surface area contributed by atoms with Gasteiger partial charge in [-0.25, -0.2) is 0 Å². The number of anilines is 2. The summed E-state index contributed by atoms with van der Waals surface area (Å²) in [7, 11) is 0. The van der Waals surface area contributed by atoms with E-state index >= 15 is 0 Å². The number of nitrogens with one attached hydrogen (secondary N) is 4. The predicted octanol–water partition coefficient (Wildman–Crippen LogP) is 6.23. The maximum absolute atomic E-state index is 13.2. The number of para-hydroxylation sites is 2. The molecular weight excluding hydrogens is 519 g/mol. The van der Waals surface area contributed by atoms with Crippen molar-refractivity contribution in [1.29, 1.82) is 0 Å². The van der Waals surface area contributed by atoms with E-state index in [4.69, 9.17) is 23.2 Å². The topological polar surface area (TPSA) is 82.3 Å². The molecule has 0 saturated heterocycles. The van der Waals surface area contributed by atoms with Crippen molar-refractivity contribution in [2.45, 2.75) is 12.1 Å². The van der Waals surface area contributed by atoms with Crippen LogP contribution in [0.1, 0.15) is 23.2 Å². The average molecular weight is 547 g/mol. The molecule has 0 aromatic heterocycles. The van der Waals surface area contributed by atoms with Gasteiger partial charge in [0.15, 0.2) is 0 Å². The number of hydrogen-bond acceptors (Lipinski definition) is 4. The predicted molar refractivity (Wildman–Crippen MR) is 155 cm³/mol. The van der Waals surface area contributed by atoms with Crippen LogP contribution in [-0.2, 0) is 9.59 Å². The molecule has 0 aliphatic rings.